The Hall–Kier alpha value is -1.39. The summed E-state index contributed by atoms with van der Waals surface area (Å²) in [5.74, 6) is -0.311. The average Bonchev–Trinajstić information content (AvgIpc) is 2.78. The Kier molecular flexibility index (Phi) is 4.56. The van der Waals surface area contributed by atoms with E-state index in [0.29, 0.717) is 11.4 Å². The molecule has 2 aromatic rings. The molecule has 1 atom stereocenters. The third-order valence-electron chi connectivity index (χ3n) is 3.11. The van der Waals surface area contributed by atoms with Gasteiger partial charge in [-0.25, -0.2) is 4.39 Å². The summed E-state index contributed by atoms with van der Waals surface area (Å²) < 4.78 is 14.9. The fourth-order valence-corrected chi connectivity index (χ4v) is 2.41. The zero-order valence-electron chi connectivity index (χ0n) is 11.0. The first-order valence-electron chi connectivity index (χ1n) is 6.27. The molecule has 2 rings (SSSR count). The van der Waals surface area contributed by atoms with E-state index in [9.17, 15) is 4.39 Å². The van der Waals surface area contributed by atoms with Crippen molar-refractivity contribution in [1.82, 2.24) is 15.1 Å². The van der Waals surface area contributed by atoms with Crippen LogP contribution in [0.3, 0.4) is 0 Å². The molecule has 0 aliphatic carbocycles. The van der Waals surface area contributed by atoms with Crippen LogP contribution < -0.4 is 5.32 Å². The molecule has 0 radical (unpaired) electrons. The summed E-state index contributed by atoms with van der Waals surface area (Å²) >= 11 is 6.08. The second kappa shape index (κ2) is 6.17. The van der Waals surface area contributed by atoms with Gasteiger partial charge in [-0.3, -0.25) is 4.68 Å². The molecule has 1 N–H and O–H groups in total. The van der Waals surface area contributed by atoms with Gasteiger partial charge in [-0.1, -0.05) is 24.6 Å². The van der Waals surface area contributed by atoms with Crippen molar-refractivity contribution in [3.05, 3.63) is 52.6 Å². The molecule has 0 fully saturated rings. The molecule has 0 aliphatic heterocycles. The summed E-state index contributed by atoms with van der Waals surface area (Å²) in [5.41, 5.74) is 2.01. The van der Waals surface area contributed by atoms with Crippen LogP contribution in [-0.4, -0.2) is 16.3 Å². The molecule has 0 saturated carbocycles. The first kappa shape index (κ1) is 14.0. The van der Waals surface area contributed by atoms with Gasteiger partial charge in [0.2, 0.25) is 0 Å². The summed E-state index contributed by atoms with van der Waals surface area (Å²) in [7, 11) is 1.91. The number of hydrogen-bond donors (Lipinski definition) is 1. The van der Waals surface area contributed by atoms with Gasteiger partial charge < -0.3 is 5.32 Å². The highest BCUT2D eigenvalue weighted by Gasteiger charge is 2.16. The Morgan fingerprint density at radius 1 is 1.42 bits per heavy atom. The van der Waals surface area contributed by atoms with Gasteiger partial charge in [0, 0.05) is 18.3 Å². The topological polar surface area (TPSA) is 29.9 Å². The van der Waals surface area contributed by atoms with Gasteiger partial charge in [-0.15, -0.1) is 0 Å². The maximum Gasteiger partial charge on any atom is 0.124 e. The van der Waals surface area contributed by atoms with E-state index < -0.39 is 0 Å². The molecule has 0 bridgehead atoms. The van der Waals surface area contributed by atoms with E-state index in [2.05, 4.69) is 17.3 Å². The number of benzene rings is 1. The molecule has 0 spiro atoms. The molecule has 5 heteroatoms. The van der Waals surface area contributed by atoms with Crippen molar-refractivity contribution in [1.29, 1.82) is 0 Å². The molecule has 3 nitrogen and oxygen atoms in total. The maximum absolute atomic E-state index is 13.1. The van der Waals surface area contributed by atoms with E-state index in [0.717, 1.165) is 17.8 Å². The van der Waals surface area contributed by atoms with E-state index in [1.165, 1.54) is 12.1 Å². The summed E-state index contributed by atoms with van der Waals surface area (Å²) in [4.78, 5) is 0. The lowest BCUT2D eigenvalue weighted by Crippen LogP contribution is -2.25. The number of rotatable bonds is 5. The Bertz CT molecular complexity index is 553. The predicted octanol–water partition coefficient (Wildman–Crippen LogP) is 3.11. The molecule has 0 amide bonds. The predicted molar refractivity (Wildman–Crippen MR) is 74.7 cm³/mol. The van der Waals surface area contributed by atoms with E-state index in [-0.39, 0.29) is 11.9 Å². The summed E-state index contributed by atoms with van der Waals surface area (Å²) in [6.45, 7) is 2.89. The minimum atomic E-state index is -0.311. The van der Waals surface area contributed by atoms with Crippen molar-refractivity contribution in [2.75, 3.05) is 6.54 Å². The van der Waals surface area contributed by atoms with Crippen molar-refractivity contribution in [2.24, 2.45) is 7.05 Å². The average molecular weight is 282 g/mol. The van der Waals surface area contributed by atoms with Gasteiger partial charge in [0.05, 0.1) is 11.7 Å². The second-order valence-corrected chi connectivity index (χ2v) is 4.84. The molecule has 0 saturated heterocycles. The van der Waals surface area contributed by atoms with Gasteiger partial charge in [-0.2, -0.15) is 5.10 Å². The summed E-state index contributed by atoms with van der Waals surface area (Å²) in [6.07, 6.45) is 2.47. The van der Waals surface area contributed by atoms with E-state index >= 15 is 0 Å². The fraction of sp³-hybridized carbons (Fsp3) is 0.357. The lowest BCUT2D eigenvalue weighted by Gasteiger charge is -2.19. The molecule has 102 valence electrons. The van der Waals surface area contributed by atoms with E-state index in [1.54, 1.807) is 12.3 Å². The number of aromatic nitrogens is 2. The third kappa shape index (κ3) is 3.33. The van der Waals surface area contributed by atoms with Crippen LogP contribution in [0.25, 0.3) is 0 Å². The normalized spacial score (nSPS) is 12.6. The SMILES string of the molecule is CCNC(Cc1ccc(F)cc1Cl)c1ccnn1C. The Morgan fingerprint density at radius 3 is 2.79 bits per heavy atom. The quantitative estimate of drug-likeness (QED) is 0.913. The van der Waals surface area contributed by atoms with Crippen LogP contribution >= 0.6 is 11.6 Å². The number of likely N-dealkylation sites (N-methyl/N-ethyl adjacent to an activating group) is 1. The van der Waals surface area contributed by atoms with Crippen molar-refractivity contribution >= 4 is 11.6 Å². The minimum absolute atomic E-state index is 0.112. The van der Waals surface area contributed by atoms with Crippen molar-refractivity contribution in [3.63, 3.8) is 0 Å². The van der Waals surface area contributed by atoms with Gasteiger partial charge in [0.25, 0.3) is 0 Å². The van der Waals surface area contributed by atoms with Crippen molar-refractivity contribution in [3.8, 4) is 0 Å². The van der Waals surface area contributed by atoms with E-state index in [4.69, 9.17) is 11.6 Å². The molecule has 1 heterocycles. The van der Waals surface area contributed by atoms with Crippen LogP contribution in [0.4, 0.5) is 4.39 Å². The van der Waals surface area contributed by atoms with Gasteiger partial charge in [0.1, 0.15) is 5.82 Å². The number of nitrogens with zero attached hydrogens (tertiary/aromatic N) is 2. The van der Waals surface area contributed by atoms with Crippen LogP contribution in [0, 0.1) is 5.82 Å². The standard InChI is InChI=1S/C14H17ClFN3/c1-3-17-13(14-6-7-18-19(14)2)8-10-4-5-11(16)9-12(10)15/h4-7,9,13,17H,3,8H2,1-2H3. The maximum atomic E-state index is 13.1. The van der Waals surface area contributed by atoms with Gasteiger partial charge in [-0.05, 0) is 36.7 Å². The first-order valence-corrected chi connectivity index (χ1v) is 6.64. The highest BCUT2D eigenvalue weighted by Crippen LogP contribution is 2.24. The molecule has 1 aromatic carbocycles. The van der Waals surface area contributed by atoms with Crippen LogP contribution in [0.5, 0.6) is 0 Å². The Balaban J connectivity index is 2.24. The van der Waals surface area contributed by atoms with Crippen molar-refractivity contribution < 1.29 is 4.39 Å². The van der Waals surface area contributed by atoms with Crippen LogP contribution in [-0.2, 0) is 13.5 Å². The number of hydrogen-bond acceptors (Lipinski definition) is 2. The Morgan fingerprint density at radius 2 is 2.21 bits per heavy atom. The molecule has 0 aliphatic rings. The lowest BCUT2D eigenvalue weighted by molar-refractivity contribution is 0.507. The monoisotopic (exact) mass is 281 g/mol. The highest BCUT2D eigenvalue weighted by atomic mass is 35.5. The second-order valence-electron chi connectivity index (χ2n) is 4.43. The number of halogens is 2. The van der Waals surface area contributed by atoms with E-state index in [1.807, 2.05) is 17.8 Å². The lowest BCUT2D eigenvalue weighted by atomic mass is 10.0. The van der Waals surface area contributed by atoms with Crippen molar-refractivity contribution in [2.45, 2.75) is 19.4 Å². The third-order valence-corrected chi connectivity index (χ3v) is 3.46. The zero-order chi connectivity index (χ0) is 13.8. The number of aryl methyl sites for hydroxylation is 1. The molecule has 1 unspecified atom stereocenters. The number of nitrogens with one attached hydrogen (secondary N) is 1. The molecular weight excluding hydrogens is 265 g/mol. The summed E-state index contributed by atoms with van der Waals surface area (Å²) in [5, 5.41) is 8.05. The van der Waals surface area contributed by atoms with Gasteiger partial charge in [0.15, 0.2) is 0 Å². The van der Waals surface area contributed by atoms with Crippen LogP contribution in [0.1, 0.15) is 24.2 Å². The highest BCUT2D eigenvalue weighted by molar-refractivity contribution is 6.31. The van der Waals surface area contributed by atoms with Gasteiger partial charge >= 0.3 is 0 Å². The fourth-order valence-electron chi connectivity index (χ4n) is 2.16. The smallest absolute Gasteiger partial charge is 0.124 e. The zero-order valence-corrected chi connectivity index (χ0v) is 11.8. The first-order chi connectivity index (χ1) is 9.11. The van der Waals surface area contributed by atoms with Crippen LogP contribution in [0.2, 0.25) is 5.02 Å². The minimum Gasteiger partial charge on any atom is -0.309 e. The molecular formula is C14H17ClFN3. The Labute approximate surface area is 117 Å². The summed E-state index contributed by atoms with van der Waals surface area (Å²) in [6, 6.07) is 6.61. The molecule has 1 aromatic heterocycles. The van der Waals surface area contributed by atoms with Crippen LogP contribution in [0.15, 0.2) is 30.5 Å². The molecule has 19 heavy (non-hydrogen) atoms. The largest absolute Gasteiger partial charge is 0.309 e.